The molecule has 7 heteroatoms. The van der Waals surface area contributed by atoms with Gasteiger partial charge in [0.15, 0.2) is 0 Å². The van der Waals surface area contributed by atoms with Crippen molar-refractivity contribution >= 4 is 30.9 Å². The second kappa shape index (κ2) is 11.6. The molecule has 5 nitrogen and oxygen atoms in total. The van der Waals surface area contributed by atoms with Crippen molar-refractivity contribution in [2.45, 2.75) is 59.5 Å². The molecule has 0 radical (unpaired) electrons. The molecule has 0 aliphatic carbocycles. The number of aryl methyl sites for hydroxylation is 1. The first-order chi connectivity index (χ1) is 16.0. The highest BCUT2D eigenvalue weighted by molar-refractivity contribution is 7.59. The third-order valence-corrected chi connectivity index (χ3v) is 6.46. The molecule has 1 aliphatic rings. The first-order valence-electron chi connectivity index (χ1n) is 12.0. The number of benzene rings is 2. The Kier molecular flexibility index (Phi) is 8.78. The van der Waals surface area contributed by atoms with Gasteiger partial charge in [0.05, 0.1) is 6.54 Å². The Balaban J connectivity index is 0.00000324. The molecule has 0 unspecified atom stereocenters. The Bertz CT molecular complexity index is 1100. The minimum absolute atomic E-state index is 0. The van der Waals surface area contributed by atoms with Gasteiger partial charge in [0.25, 0.3) is 0 Å². The predicted octanol–water partition coefficient (Wildman–Crippen LogP) is 6.41. The number of anilines is 2. The maximum atomic E-state index is 13.6. The van der Waals surface area contributed by atoms with Crippen LogP contribution in [0.2, 0.25) is 0 Å². The zero-order chi connectivity index (χ0) is 23.4. The summed E-state index contributed by atoms with van der Waals surface area (Å²) >= 11 is 0. The van der Waals surface area contributed by atoms with Crippen molar-refractivity contribution < 1.29 is 9.18 Å². The molecule has 182 valence electrons. The predicted molar refractivity (Wildman–Crippen MR) is 141 cm³/mol. The number of rotatable bonds is 8. The van der Waals surface area contributed by atoms with Gasteiger partial charge in [-0.25, -0.2) is 9.37 Å². The Morgan fingerprint density at radius 2 is 1.79 bits per heavy atom. The summed E-state index contributed by atoms with van der Waals surface area (Å²) in [6.45, 7) is 8.15. The van der Waals surface area contributed by atoms with Crippen LogP contribution in [0.5, 0.6) is 0 Å². The second-order valence-corrected chi connectivity index (χ2v) is 8.88. The summed E-state index contributed by atoms with van der Waals surface area (Å²) in [7, 11) is 0. The molecule has 1 aromatic heterocycles. The molecule has 0 spiro atoms. The van der Waals surface area contributed by atoms with Gasteiger partial charge in [0, 0.05) is 30.3 Å². The summed E-state index contributed by atoms with van der Waals surface area (Å²) in [5.74, 6) is 1.77. The Hall–Kier alpha value is -2.80. The summed E-state index contributed by atoms with van der Waals surface area (Å²) < 4.78 is 15.7. The third-order valence-electron chi connectivity index (χ3n) is 6.46. The second-order valence-electron chi connectivity index (χ2n) is 8.88. The van der Waals surface area contributed by atoms with Gasteiger partial charge < -0.3 is 14.8 Å². The highest BCUT2D eigenvalue weighted by Gasteiger charge is 2.29. The molecule has 0 fully saturated rings. The average molecular weight is 483 g/mol. The number of nitrogens with one attached hydrogen (secondary N) is 1. The highest BCUT2D eigenvalue weighted by atomic mass is 32.1. The van der Waals surface area contributed by atoms with Gasteiger partial charge in [-0.15, -0.1) is 0 Å². The number of halogens is 1. The van der Waals surface area contributed by atoms with Crippen molar-refractivity contribution in [2.24, 2.45) is 5.92 Å². The van der Waals surface area contributed by atoms with Crippen molar-refractivity contribution in [3.8, 4) is 11.3 Å². The maximum absolute atomic E-state index is 13.6. The third kappa shape index (κ3) is 5.63. The zero-order valence-corrected chi connectivity index (χ0v) is 21.3. The van der Waals surface area contributed by atoms with Crippen LogP contribution in [0.4, 0.5) is 15.9 Å². The quantitative estimate of drug-likeness (QED) is 0.403. The molecule has 1 amide bonds. The number of hydrogen-bond donors (Lipinski definition) is 1. The lowest BCUT2D eigenvalue weighted by Gasteiger charge is -2.31. The molecule has 1 aliphatic heterocycles. The summed E-state index contributed by atoms with van der Waals surface area (Å²) in [6, 6.07) is 14.6. The molecule has 2 heterocycles. The minimum atomic E-state index is -0.273. The summed E-state index contributed by atoms with van der Waals surface area (Å²) in [5.41, 5.74) is 3.78. The van der Waals surface area contributed by atoms with E-state index in [1.807, 2.05) is 17.0 Å². The Morgan fingerprint density at radius 3 is 2.44 bits per heavy atom. The molecule has 0 saturated carbocycles. The van der Waals surface area contributed by atoms with Crippen LogP contribution in [0.15, 0.2) is 48.5 Å². The number of aromatic nitrogens is 2. The molecular weight excluding hydrogens is 447 g/mol. The topological polar surface area (TPSA) is 50.2 Å². The number of carbonyl (C=O) groups is 1. The van der Waals surface area contributed by atoms with Crippen LogP contribution in [0, 0.1) is 18.7 Å². The molecule has 1 N–H and O–H groups in total. The zero-order valence-electron chi connectivity index (χ0n) is 20.3. The van der Waals surface area contributed by atoms with Crippen LogP contribution in [-0.4, -0.2) is 26.9 Å². The Morgan fingerprint density at radius 1 is 1.09 bits per heavy atom. The molecule has 4 rings (SSSR count). The normalized spacial score (nSPS) is 13.7. The standard InChI is InChI=1S/C27H33FN4O.H2S/c1-4-6-7-20(5-2)27(33)31-16-17-32-24(18-31)30-25(21-10-12-22(28)13-11-21)26(32)29-23-14-8-19(3)9-15-23;/h8-15,20,29H,4-7,16-18H2,1-3H3;1H2/t20-;/m0./s1. The molecule has 1 atom stereocenters. The number of carbonyl (C=O) groups excluding carboxylic acids is 1. The fraction of sp³-hybridized carbons (Fsp3) is 0.407. The van der Waals surface area contributed by atoms with Crippen molar-refractivity contribution in [1.82, 2.24) is 14.5 Å². The van der Waals surface area contributed by atoms with Gasteiger partial charge in [-0.05, 0) is 56.2 Å². The van der Waals surface area contributed by atoms with Crippen molar-refractivity contribution in [3.63, 3.8) is 0 Å². The number of nitrogens with zero attached hydrogens (tertiary/aromatic N) is 3. The largest absolute Gasteiger partial charge is 0.340 e. The van der Waals surface area contributed by atoms with E-state index < -0.39 is 0 Å². The van der Waals surface area contributed by atoms with E-state index in [1.165, 1.54) is 17.7 Å². The minimum Gasteiger partial charge on any atom is -0.340 e. The Labute approximate surface area is 208 Å². The first-order valence-corrected chi connectivity index (χ1v) is 12.0. The molecular formula is C27H35FN4OS. The van der Waals surface area contributed by atoms with E-state index >= 15 is 0 Å². The van der Waals surface area contributed by atoms with Gasteiger partial charge >= 0.3 is 0 Å². The lowest BCUT2D eigenvalue weighted by molar-refractivity contribution is -0.137. The van der Waals surface area contributed by atoms with Gasteiger partial charge in [-0.1, -0.05) is 44.4 Å². The van der Waals surface area contributed by atoms with Crippen molar-refractivity contribution in [3.05, 3.63) is 65.7 Å². The monoisotopic (exact) mass is 482 g/mol. The molecule has 0 bridgehead atoms. The van der Waals surface area contributed by atoms with Gasteiger partial charge in [0.2, 0.25) is 5.91 Å². The molecule has 0 saturated heterocycles. The maximum Gasteiger partial charge on any atom is 0.226 e. The number of amides is 1. The summed E-state index contributed by atoms with van der Waals surface area (Å²) in [4.78, 5) is 20.1. The first kappa shape index (κ1) is 25.8. The summed E-state index contributed by atoms with van der Waals surface area (Å²) in [5, 5.41) is 3.53. The van der Waals surface area contributed by atoms with Gasteiger partial charge in [-0.3, -0.25) is 4.79 Å². The molecule has 3 aromatic rings. The van der Waals surface area contributed by atoms with Crippen LogP contribution < -0.4 is 5.32 Å². The van der Waals surface area contributed by atoms with Crippen LogP contribution in [0.1, 0.15) is 50.9 Å². The average Bonchev–Trinajstić information content (AvgIpc) is 3.18. The van der Waals surface area contributed by atoms with Crippen LogP contribution in [-0.2, 0) is 17.9 Å². The van der Waals surface area contributed by atoms with Crippen LogP contribution in [0.25, 0.3) is 11.3 Å². The molecule has 34 heavy (non-hydrogen) atoms. The van der Waals surface area contributed by atoms with E-state index in [4.69, 9.17) is 4.98 Å². The smallest absolute Gasteiger partial charge is 0.226 e. The van der Waals surface area contributed by atoms with Gasteiger partial charge in [0.1, 0.15) is 23.2 Å². The number of imidazole rings is 1. The SMILES string of the molecule is CCCC[C@H](CC)C(=O)N1CCn2c(nc(-c3ccc(F)cc3)c2Nc2ccc(C)cc2)C1.S. The summed E-state index contributed by atoms with van der Waals surface area (Å²) in [6.07, 6.45) is 3.98. The number of fused-ring (bicyclic) bond motifs is 1. The fourth-order valence-corrected chi connectivity index (χ4v) is 4.44. The van der Waals surface area contributed by atoms with Crippen LogP contribution in [0.3, 0.4) is 0 Å². The number of unbranched alkanes of at least 4 members (excludes halogenated alkanes) is 1. The molecule has 2 aromatic carbocycles. The van der Waals surface area contributed by atoms with E-state index in [1.54, 1.807) is 12.1 Å². The van der Waals surface area contributed by atoms with E-state index in [2.05, 4.69) is 42.8 Å². The highest BCUT2D eigenvalue weighted by Crippen LogP contribution is 2.34. The van der Waals surface area contributed by atoms with E-state index in [0.29, 0.717) is 19.6 Å². The van der Waals surface area contributed by atoms with Gasteiger partial charge in [-0.2, -0.15) is 13.5 Å². The lowest BCUT2D eigenvalue weighted by atomic mass is 9.97. The fourth-order valence-electron chi connectivity index (χ4n) is 4.44. The van der Waals surface area contributed by atoms with Crippen molar-refractivity contribution in [1.29, 1.82) is 0 Å². The van der Waals surface area contributed by atoms with Crippen LogP contribution >= 0.6 is 13.5 Å². The van der Waals surface area contributed by atoms with E-state index in [9.17, 15) is 9.18 Å². The van der Waals surface area contributed by atoms with E-state index in [-0.39, 0.29) is 31.1 Å². The number of hydrogen-bond acceptors (Lipinski definition) is 3. The van der Waals surface area contributed by atoms with E-state index in [0.717, 1.165) is 54.3 Å². The lowest BCUT2D eigenvalue weighted by Crippen LogP contribution is -2.41. The van der Waals surface area contributed by atoms with Crippen molar-refractivity contribution in [2.75, 3.05) is 11.9 Å².